The normalized spacial score (nSPS) is 11.7. The van der Waals surface area contributed by atoms with Crippen molar-refractivity contribution in [2.45, 2.75) is 0 Å². The Kier molecular flexibility index (Phi) is 5.35. The summed E-state index contributed by atoms with van der Waals surface area (Å²) in [6, 6.07) is 0. The van der Waals surface area contributed by atoms with Crippen molar-refractivity contribution < 1.29 is 5.11 Å². The minimum Gasteiger partial charge on any atom is -0.506 e. The lowest BCUT2D eigenvalue weighted by molar-refractivity contribution is 0.482. The van der Waals surface area contributed by atoms with Crippen molar-refractivity contribution in [3.05, 3.63) is 45.2 Å². The van der Waals surface area contributed by atoms with Gasteiger partial charge in [0.05, 0.1) is 40.2 Å². The van der Waals surface area contributed by atoms with E-state index in [0.717, 1.165) is 0 Å². The fraction of sp³-hybridized carbons (Fsp3) is 0. The second kappa shape index (κ2) is 6.64. The predicted octanol–water partition coefficient (Wildman–Crippen LogP) is 9.58. The van der Waals surface area contributed by atoms with Crippen LogP contribution in [0.5, 0.6) is 5.75 Å². The van der Waals surface area contributed by atoms with E-state index in [1.165, 1.54) is 0 Å². The first-order valence-corrected chi connectivity index (χ1v) is 9.33. The summed E-state index contributed by atoms with van der Waals surface area (Å²) in [5.41, 5.74) is 0. The van der Waals surface area contributed by atoms with Crippen LogP contribution in [0.4, 0.5) is 0 Å². The van der Waals surface area contributed by atoms with Crippen LogP contribution in [0.3, 0.4) is 0 Å². The van der Waals surface area contributed by atoms with Crippen molar-refractivity contribution in [1.29, 1.82) is 0 Å². The molecule has 0 amide bonds. The number of fused-ring (bicyclic) bond motifs is 2. The molecule has 0 unspecified atom stereocenters. The molecule has 0 atom stereocenters. The van der Waals surface area contributed by atoms with E-state index in [9.17, 15) is 5.11 Å². The van der Waals surface area contributed by atoms with Crippen LogP contribution in [-0.2, 0) is 0 Å². The van der Waals surface area contributed by atoms with Crippen LogP contribution in [0.1, 0.15) is 0 Å². The minimum absolute atomic E-state index is 0.00111. The van der Waals surface area contributed by atoms with Gasteiger partial charge in [0.2, 0.25) is 0 Å². The lowest BCUT2D eigenvalue weighted by Crippen LogP contribution is -1.90. The highest BCUT2D eigenvalue weighted by Gasteiger charge is 2.27. The number of phenolic OH excluding ortho intramolecular Hbond substituents is 1. The van der Waals surface area contributed by atoms with Crippen LogP contribution in [-0.4, -0.2) is 5.11 Å². The minimum atomic E-state index is -0.395. The summed E-state index contributed by atoms with van der Waals surface area (Å²) in [5, 5.41) is 10.9. The van der Waals surface area contributed by atoms with Gasteiger partial charge in [0.15, 0.2) is 0 Å². The third-order valence-electron chi connectivity index (χ3n) is 3.44. The van der Waals surface area contributed by atoms with E-state index in [1.807, 2.05) is 0 Å². The van der Waals surface area contributed by atoms with Gasteiger partial charge in [0.1, 0.15) is 10.8 Å². The van der Waals surface area contributed by atoms with E-state index in [2.05, 4.69) is 0 Å². The Bertz CT molecular complexity index is 894. The summed E-state index contributed by atoms with van der Waals surface area (Å²) in [6.45, 7) is 0. The van der Waals surface area contributed by atoms with Crippen LogP contribution in [0.25, 0.3) is 21.5 Å². The Morgan fingerprint density at radius 3 is 1.04 bits per heavy atom. The van der Waals surface area contributed by atoms with E-state index >= 15 is 0 Å². The number of rotatable bonds is 0. The van der Waals surface area contributed by atoms with Gasteiger partial charge in [-0.1, -0.05) is 104 Å². The van der Waals surface area contributed by atoms with Crippen molar-refractivity contribution in [1.82, 2.24) is 0 Å². The molecular formula is C14HCl9O. The highest BCUT2D eigenvalue weighted by Crippen LogP contribution is 2.55. The smallest absolute Gasteiger partial charge is 0.145 e. The maximum atomic E-state index is 10.4. The Morgan fingerprint density at radius 1 is 0.333 bits per heavy atom. The van der Waals surface area contributed by atoms with E-state index in [4.69, 9.17) is 104 Å². The third kappa shape index (κ3) is 2.52. The summed E-state index contributed by atoms with van der Waals surface area (Å²) < 4.78 is 0. The van der Waals surface area contributed by atoms with Crippen molar-refractivity contribution in [2.24, 2.45) is 0 Å². The lowest BCUT2D eigenvalue weighted by Gasteiger charge is -2.17. The molecule has 0 spiro atoms. The van der Waals surface area contributed by atoms with Gasteiger partial charge in [-0.2, -0.15) is 0 Å². The van der Waals surface area contributed by atoms with Crippen LogP contribution in [0.15, 0.2) is 0 Å². The maximum absolute atomic E-state index is 10.4. The third-order valence-corrected chi connectivity index (χ3v) is 7.32. The van der Waals surface area contributed by atoms with Crippen LogP contribution >= 0.6 is 104 Å². The van der Waals surface area contributed by atoms with E-state index in [-0.39, 0.29) is 66.7 Å². The van der Waals surface area contributed by atoms with Crippen LogP contribution in [0.2, 0.25) is 45.2 Å². The molecule has 0 saturated heterocycles. The first-order valence-electron chi connectivity index (χ1n) is 5.92. The molecule has 0 aliphatic carbocycles. The number of hydrogen-bond acceptors (Lipinski definition) is 1. The highest BCUT2D eigenvalue weighted by molar-refractivity contribution is 6.61. The van der Waals surface area contributed by atoms with Crippen molar-refractivity contribution >= 4 is 126 Å². The first kappa shape index (κ1) is 19.4. The topological polar surface area (TPSA) is 20.2 Å². The summed E-state index contributed by atoms with van der Waals surface area (Å²) in [4.78, 5) is 0. The fourth-order valence-electron chi connectivity index (χ4n) is 2.36. The number of hydrogen-bond donors (Lipinski definition) is 1. The molecule has 1 N–H and O–H groups in total. The maximum Gasteiger partial charge on any atom is 0.145 e. The summed E-state index contributed by atoms with van der Waals surface area (Å²) in [6.07, 6.45) is 0. The molecule has 0 aliphatic heterocycles. The van der Waals surface area contributed by atoms with Gasteiger partial charge in [-0.3, -0.25) is 0 Å². The van der Waals surface area contributed by atoms with Gasteiger partial charge in [-0.25, -0.2) is 0 Å². The molecule has 3 aromatic carbocycles. The fourth-order valence-corrected chi connectivity index (χ4v) is 5.00. The molecule has 3 rings (SSSR count). The lowest BCUT2D eigenvalue weighted by atomic mass is 10.0. The predicted molar refractivity (Wildman–Crippen MR) is 108 cm³/mol. The summed E-state index contributed by atoms with van der Waals surface area (Å²) in [7, 11) is 0. The molecule has 0 bridgehead atoms. The molecule has 3 aromatic rings. The molecule has 0 aliphatic rings. The quantitative estimate of drug-likeness (QED) is 0.184. The SMILES string of the molecule is Oc1c(Cl)c(Cl)c(Cl)c2c(Cl)c3c(Cl)c(Cl)c(Cl)c(Cl)c3c(Cl)c12. The molecule has 10 heteroatoms. The van der Waals surface area contributed by atoms with Crippen molar-refractivity contribution in [3.63, 3.8) is 0 Å². The zero-order valence-corrected chi connectivity index (χ0v) is 17.7. The van der Waals surface area contributed by atoms with Crippen molar-refractivity contribution in [3.8, 4) is 5.75 Å². The largest absolute Gasteiger partial charge is 0.506 e. The van der Waals surface area contributed by atoms with Crippen LogP contribution in [0, 0.1) is 0 Å². The van der Waals surface area contributed by atoms with Gasteiger partial charge in [-0.05, 0) is 0 Å². The molecule has 1 nitrogen and oxygen atoms in total. The zero-order valence-electron chi connectivity index (χ0n) is 10.8. The highest BCUT2D eigenvalue weighted by atomic mass is 35.5. The number of phenols is 1. The number of aromatic hydroxyl groups is 1. The van der Waals surface area contributed by atoms with Crippen molar-refractivity contribution in [2.75, 3.05) is 0 Å². The Balaban J connectivity index is 2.82. The molecule has 0 radical (unpaired) electrons. The summed E-state index contributed by atoms with van der Waals surface area (Å²) >= 11 is 55.8. The number of benzene rings is 3. The Hall–Kier alpha value is 0.590. The molecule has 0 fully saturated rings. The zero-order chi connectivity index (χ0) is 18.1. The Morgan fingerprint density at radius 2 is 0.625 bits per heavy atom. The molecule has 24 heavy (non-hydrogen) atoms. The second-order valence-corrected chi connectivity index (χ2v) is 8.08. The monoisotopic (exact) mass is 500 g/mol. The van der Waals surface area contributed by atoms with Crippen LogP contribution < -0.4 is 0 Å². The van der Waals surface area contributed by atoms with E-state index in [0.29, 0.717) is 0 Å². The van der Waals surface area contributed by atoms with Gasteiger partial charge < -0.3 is 5.11 Å². The average molecular weight is 504 g/mol. The molecule has 0 aromatic heterocycles. The molecule has 0 heterocycles. The van der Waals surface area contributed by atoms with E-state index in [1.54, 1.807) is 0 Å². The number of halogens is 9. The van der Waals surface area contributed by atoms with Gasteiger partial charge in [-0.15, -0.1) is 0 Å². The van der Waals surface area contributed by atoms with E-state index < -0.39 is 5.75 Å². The average Bonchev–Trinajstić information content (AvgIpc) is 2.55. The van der Waals surface area contributed by atoms with Gasteiger partial charge in [0, 0.05) is 21.5 Å². The molecular weight excluding hydrogens is 503 g/mol. The molecule has 126 valence electrons. The van der Waals surface area contributed by atoms with Gasteiger partial charge >= 0.3 is 0 Å². The summed E-state index contributed by atoms with van der Waals surface area (Å²) in [5.74, 6) is -0.395. The Labute approximate surface area is 180 Å². The standard InChI is InChI=1S/C14HCl9O/c15-5-1-2(8(18)11(21)10(20)7(1)17)6(16)4-3(5)9(19)12(22)13(23)14(4)24/h24H. The second-order valence-electron chi connectivity index (χ2n) is 4.67. The van der Waals surface area contributed by atoms with Gasteiger partial charge in [0.25, 0.3) is 0 Å². The molecule has 0 saturated carbocycles. The first-order chi connectivity index (χ1) is 11.1.